The van der Waals surface area contributed by atoms with Gasteiger partial charge in [-0.1, -0.05) is 31.5 Å². The Balaban J connectivity index is 2.20. The van der Waals surface area contributed by atoms with E-state index in [2.05, 4.69) is 4.74 Å². The van der Waals surface area contributed by atoms with Crippen LogP contribution in [-0.4, -0.2) is 48.5 Å². The molecule has 0 amide bonds. The highest BCUT2D eigenvalue weighted by Gasteiger charge is 2.32. The van der Waals surface area contributed by atoms with E-state index in [9.17, 15) is 26.4 Å². The normalized spacial score (nSPS) is 13.1. The zero-order chi connectivity index (χ0) is 25.5. The van der Waals surface area contributed by atoms with Crippen molar-refractivity contribution in [3.8, 4) is 5.75 Å². The molecular formula is C22H25ClF3NO5S2. The maximum atomic E-state index is 13.2. The third kappa shape index (κ3) is 8.37. The van der Waals surface area contributed by atoms with Gasteiger partial charge in [-0.15, -0.1) is 24.9 Å². The Hall–Kier alpha value is -1.95. The van der Waals surface area contributed by atoms with E-state index >= 15 is 0 Å². The fourth-order valence-corrected chi connectivity index (χ4v) is 6.21. The Kier molecular flexibility index (Phi) is 10.1. The van der Waals surface area contributed by atoms with Crippen LogP contribution in [0.5, 0.6) is 5.75 Å². The van der Waals surface area contributed by atoms with Gasteiger partial charge in [0.25, 0.3) is 0 Å². The lowest BCUT2D eigenvalue weighted by Crippen LogP contribution is -2.37. The van der Waals surface area contributed by atoms with Gasteiger partial charge in [-0.2, -0.15) is 4.31 Å². The third-order valence-electron chi connectivity index (χ3n) is 4.68. The lowest BCUT2D eigenvalue weighted by Gasteiger charge is -2.26. The number of aliphatic carboxylic acids is 1. The van der Waals surface area contributed by atoms with E-state index in [0.29, 0.717) is 28.3 Å². The van der Waals surface area contributed by atoms with Crippen LogP contribution in [0.15, 0.2) is 52.3 Å². The molecule has 0 aliphatic carbocycles. The molecule has 0 bridgehead atoms. The first-order chi connectivity index (χ1) is 15.9. The molecule has 34 heavy (non-hydrogen) atoms. The van der Waals surface area contributed by atoms with Crippen molar-refractivity contribution in [1.29, 1.82) is 0 Å². The average Bonchev–Trinajstić information content (AvgIpc) is 2.73. The second-order valence-electron chi connectivity index (χ2n) is 7.37. The number of ether oxygens (including phenoxy) is 1. The van der Waals surface area contributed by atoms with Crippen LogP contribution >= 0.6 is 23.4 Å². The van der Waals surface area contributed by atoms with Crippen LogP contribution in [0.25, 0.3) is 0 Å². The first-order valence-corrected chi connectivity index (χ1v) is 13.1. The van der Waals surface area contributed by atoms with Crippen LogP contribution in [0.3, 0.4) is 0 Å². The number of hydrogen-bond donors (Lipinski definition) is 1. The predicted octanol–water partition coefficient (Wildman–Crippen LogP) is 5.84. The standard InChI is InChI=1S/C22H25ClF3NO5S2/c1-3-11-27(34(30,31)18-8-6-16(7-9-18)32-22(24,25)26)14-17(4-2)33-20-10-5-15(12-19(20)23)13-21(28)29/h5-10,12,17H,3-4,11,13-14H2,1-2H3,(H,28,29). The highest BCUT2D eigenvalue weighted by Crippen LogP contribution is 2.34. The summed E-state index contributed by atoms with van der Waals surface area (Å²) in [5.41, 5.74) is 0.558. The van der Waals surface area contributed by atoms with E-state index < -0.39 is 28.1 Å². The average molecular weight is 540 g/mol. The van der Waals surface area contributed by atoms with Crippen LogP contribution in [-0.2, 0) is 21.2 Å². The molecule has 0 fully saturated rings. The van der Waals surface area contributed by atoms with E-state index in [0.717, 1.165) is 24.3 Å². The number of carbonyl (C=O) groups is 1. The molecule has 1 N–H and O–H groups in total. The van der Waals surface area contributed by atoms with Gasteiger partial charge in [-0.05, 0) is 54.8 Å². The van der Waals surface area contributed by atoms with Crippen LogP contribution in [0.2, 0.25) is 5.02 Å². The first kappa shape index (κ1) is 28.3. The Labute approximate surface area is 206 Å². The Morgan fingerprint density at radius 2 is 1.82 bits per heavy atom. The highest BCUT2D eigenvalue weighted by atomic mass is 35.5. The number of halogens is 4. The molecule has 0 aliphatic heterocycles. The molecule has 12 heteroatoms. The molecule has 188 valence electrons. The maximum Gasteiger partial charge on any atom is 0.573 e. The lowest BCUT2D eigenvalue weighted by atomic mass is 10.1. The molecule has 2 aromatic rings. The van der Waals surface area contributed by atoms with Gasteiger partial charge >= 0.3 is 12.3 Å². The van der Waals surface area contributed by atoms with E-state index in [1.54, 1.807) is 18.2 Å². The number of carboxylic acid groups (broad SMARTS) is 1. The zero-order valence-corrected chi connectivity index (χ0v) is 20.9. The molecule has 0 saturated carbocycles. The maximum absolute atomic E-state index is 13.2. The van der Waals surface area contributed by atoms with Crippen LogP contribution in [0, 0.1) is 0 Å². The van der Waals surface area contributed by atoms with Crippen LogP contribution in [0.4, 0.5) is 13.2 Å². The van der Waals surface area contributed by atoms with Gasteiger partial charge in [0, 0.05) is 23.2 Å². The molecule has 0 spiro atoms. The van der Waals surface area contributed by atoms with Crippen LogP contribution in [0.1, 0.15) is 32.3 Å². The summed E-state index contributed by atoms with van der Waals surface area (Å²) in [5.74, 6) is -1.47. The molecule has 1 unspecified atom stereocenters. The number of thioether (sulfide) groups is 1. The summed E-state index contributed by atoms with van der Waals surface area (Å²) in [4.78, 5) is 11.5. The quantitative estimate of drug-likeness (QED) is 0.341. The minimum absolute atomic E-state index is 0.133. The second kappa shape index (κ2) is 12.1. The summed E-state index contributed by atoms with van der Waals surface area (Å²) in [6.07, 6.45) is -3.86. The van der Waals surface area contributed by atoms with Gasteiger partial charge in [0.2, 0.25) is 10.0 Å². The number of sulfonamides is 1. The van der Waals surface area contributed by atoms with Crippen molar-refractivity contribution in [3.05, 3.63) is 53.1 Å². The summed E-state index contributed by atoms with van der Waals surface area (Å²) >= 11 is 7.71. The zero-order valence-electron chi connectivity index (χ0n) is 18.5. The smallest absolute Gasteiger partial charge is 0.481 e. The molecule has 2 aromatic carbocycles. The molecule has 0 radical (unpaired) electrons. The summed E-state index contributed by atoms with van der Waals surface area (Å²) < 4.78 is 68.7. The minimum atomic E-state index is -4.87. The molecule has 0 aliphatic rings. The van der Waals surface area contributed by atoms with Crippen LogP contribution < -0.4 is 4.74 Å². The van der Waals surface area contributed by atoms with Crippen molar-refractivity contribution < 1.29 is 36.2 Å². The predicted molar refractivity (Wildman–Crippen MR) is 125 cm³/mol. The number of alkyl halides is 3. The fraction of sp³-hybridized carbons (Fsp3) is 0.409. The number of hydrogen-bond acceptors (Lipinski definition) is 5. The van der Waals surface area contributed by atoms with Gasteiger partial charge in [0.15, 0.2) is 0 Å². The van der Waals surface area contributed by atoms with Crippen molar-refractivity contribution in [2.24, 2.45) is 0 Å². The largest absolute Gasteiger partial charge is 0.573 e. The lowest BCUT2D eigenvalue weighted by molar-refractivity contribution is -0.274. The van der Waals surface area contributed by atoms with Crippen molar-refractivity contribution >= 4 is 39.4 Å². The number of nitrogens with zero attached hydrogens (tertiary/aromatic N) is 1. The molecule has 6 nitrogen and oxygen atoms in total. The summed E-state index contributed by atoms with van der Waals surface area (Å²) in [5, 5.41) is 9.14. The fourth-order valence-electron chi connectivity index (χ4n) is 3.10. The van der Waals surface area contributed by atoms with Gasteiger partial charge in [-0.3, -0.25) is 4.79 Å². The molecule has 2 rings (SSSR count). The Bertz CT molecular complexity index is 1080. The first-order valence-electron chi connectivity index (χ1n) is 10.4. The summed E-state index contributed by atoms with van der Waals surface area (Å²) in [6.45, 7) is 4.12. The van der Waals surface area contributed by atoms with Crippen molar-refractivity contribution in [2.75, 3.05) is 13.1 Å². The molecule has 0 saturated heterocycles. The highest BCUT2D eigenvalue weighted by molar-refractivity contribution is 8.00. The second-order valence-corrected chi connectivity index (χ2v) is 11.1. The molecule has 1 atom stereocenters. The van der Waals surface area contributed by atoms with Crippen molar-refractivity contribution in [1.82, 2.24) is 4.31 Å². The van der Waals surface area contributed by atoms with Crippen molar-refractivity contribution in [3.63, 3.8) is 0 Å². The number of benzene rings is 2. The van der Waals surface area contributed by atoms with Gasteiger partial charge in [-0.25, -0.2) is 8.42 Å². The van der Waals surface area contributed by atoms with E-state index in [4.69, 9.17) is 16.7 Å². The number of carboxylic acids is 1. The van der Waals surface area contributed by atoms with Gasteiger partial charge in [0.05, 0.1) is 16.3 Å². The van der Waals surface area contributed by atoms with E-state index in [-0.39, 0.29) is 29.7 Å². The molecular weight excluding hydrogens is 515 g/mol. The third-order valence-corrected chi connectivity index (χ3v) is 8.41. The number of rotatable bonds is 12. The van der Waals surface area contributed by atoms with E-state index in [1.807, 2.05) is 13.8 Å². The monoisotopic (exact) mass is 539 g/mol. The SMILES string of the molecule is CCCN(CC(CC)Sc1ccc(CC(=O)O)cc1Cl)S(=O)(=O)c1ccc(OC(F)(F)F)cc1. The summed E-state index contributed by atoms with van der Waals surface area (Å²) in [7, 11) is -3.97. The minimum Gasteiger partial charge on any atom is -0.481 e. The molecule has 0 heterocycles. The molecule has 0 aromatic heterocycles. The summed E-state index contributed by atoms with van der Waals surface area (Å²) in [6, 6.07) is 9.07. The van der Waals surface area contributed by atoms with E-state index in [1.165, 1.54) is 16.1 Å². The Morgan fingerprint density at radius 3 is 2.32 bits per heavy atom. The topological polar surface area (TPSA) is 83.9 Å². The van der Waals surface area contributed by atoms with Gasteiger partial charge < -0.3 is 9.84 Å². The van der Waals surface area contributed by atoms with Crippen molar-refractivity contribution in [2.45, 2.75) is 54.5 Å². The van der Waals surface area contributed by atoms with Gasteiger partial charge in [0.1, 0.15) is 5.75 Å². The Morgan fingerprint density at radius 1 is 1.18 bits per heavy atom.